The Morgan fingerprint density at radius 1 is 1.00 bits per heavy atom. The van der Waals surface area contributed by atoms with Gasteiger partial charge in [0.05, 0.1) is 0 Å². The van der Waals surface area contributed by atoms with Crippen molar-refractivity contribution in [1.82, 2.24) is 15.1 Å². The van der Waals surface area contributed by atoms with Crippen LogP contribution in [0.15, 0.2) is 24.3 Å². The minimum absolute atomic E-state index is 0.0253. The average Bonchev–Trinajstić information content (AvgIpc) is 2.85. The van der Waals surface area contributed by atoms with Crippen molar-refractivity contribution < 1.29 is 14.4 Å². The maximum Gasteiger partial charge on any atom is 0.252 e. The van der Waals surface area contributed by atoms with Gasteiger partial charge >= 0.3 is 0 Å². The van der Waals surface area contributed by atoms with Crippen LogP contribution in [-0.4, -0.2) is 59.7 Å². The molecular formula is C20H29N3O3. The number of nitrogens with zero attached hydrogens (tertiary/aromatic N) is 2. The largest absolute Gasteiger partial charge is 0.341 e. The van der Waals surface area contributed by atoms with Gasteiger partial charge in [0.1, 0.15) is 6.04 Å². The van der Waals surface area contributed by atoms with Crippen molar-refractivity contribution in [2.45, 2.75) is 40.2 Å². The van der Waals surface area contributed by atoms with Crippen LogP contribution in [0.4, 0.5) is 0 Å². The summed E-state index contributed by atoms with van der Waals surface area (Å²) in [6.07, 6.45) is 0.752. The number of rotatable bonds is 4. The molecule has 6 heteroatoms. The molecule has 6 nitrogen and oxygen atoms in total. The zero-order valence-electron chi connectivity index (χ0n) is 16.1. The smallest absolute Gasteiger partial charge is 0.252 e. The van der Waals surface area contributed by atoms with Crippen LogP contribution in [-0.2, 0) is 9.59 Å². The quantitative estimate of drug-likeness (QED) is 0.892. The highest BCUT2D eigenvalue weighted by Gasteiger charge is 2.30. The molecule has 1 heterocycles. The summed E-state index contributed by atoms with van der Waals surface area (Å²) in [4.78, 5) is 40.8. The monoisotopic (exact) mass is 359 g/mol. The minimum Gasteiger partial charge on any atom is -0.341 e. The number of nitrogens with one attached hydrogen (secondary N) is 1. The molecule has 1 aliphatic heterocycles. The molecule has 0 radical (unpaired) electrons. The maximum absolute atomic E-state index is 13.0. The summed E-state index contributed by atoms with van der Waals surface area (Å²) in [6.45, 7) is 9.61. The minimum atomic E-state index is -0.578. The highest BCUT2D eigenvalue weighted by molar-refractivity contribution is 5.98. The molecule has 2 rings (SSSR count). The predicted octanol–water partition coefficient (Wildman–Crippen LogP) is 1.83. The Morgan fingerprint density at radius 3 is 2.23 bits per heavy atom. The Kier molecular flexibility index (Phi) is 6.77. The lowest BCUT2D eigenvalue weighted by molar-refractivity contribution is -0.135. The van der Waals surface area contributed by atoms with E-state index in [4.69, 9.17) is 0 Å². The van der Waals surface area contributed by atoms with Gasteiger partial charge < -0.3 is 15.1 Å². The van der Waals surface area contributed by atoms with Crippen LogP contribution in [0.25, 0.3) is 0 Å². The van der Waals surface area contributed by atoms with E-state index in [1.54, 1.807) is 22.8 Å². The van der Waals surface area contributed by atoms with Crippen LogP contribution >= 0.6 is 0 Å². The molecule has 0 bridgehead atoms. The van der Waals surface area contributed by atoms with Gasteiger partial charge in [-0.05, 0) is 30.9 Å². The van der Waals surface area contributed by atoms with Crippen LogP contribution in [0.1, 0.15) is 43.1 Å². The lowest BCUT2D eigenvalue weighted by Gasteiger charge is -2.29. The Morgan fingerprint density at radius 2 is 1.62 bits per heavy atom. The van der Waals surface area contributed by atoms with Gasteiger partial charge in [-0.1, -0.05) is 32.0 Å². The first-order valence-electron chi connectivity index (χ1n) is 9.22. The molecule has 0 aliphatic carbocycles. The summed E-state index contributed by atoms with van der Waals surface area (Å²) < 4.78 is 0. The van der Waals surface area contributed by atoms with Gasteiger partial charge in [0.25, 0.3) is 5.91 Å². The number of hydrogen-bond acceptors (Lipinski definition) is 3. The third-order valence-electron chi connectivity index (χ3n) is 4.86. The first-order chi connectivity index (χ1) is 12.3. The van der Waals surface area contributed by atoms with E-state index in [0.29, 0.717) is 31.7 Å². The standard InChI is InChI=1S/C20H29N3O3/c1-14(2)18(21-19(25)17-9-6-5-8-15(17)3)20(26)23-11-7-10-22(12-13-23)16(4)24/h5-6,8-9,14,18H,7,10-13H2,1-4H3,(H,21,25). The van der Waals surface area contributed by atoms with E-state index >= 15 is 0 Å². The van der Waals surface area contributed by atoms with Crippen molar-refractivity contribution in [3.8, 4) is 0 Å². The summed E-state index contributed by atoms with van der Waals surface area (Å²) in [5.41, 5.74) is 1.47. The molecule has 3 amide bonds. The van der Waals surface area contributed by atoms with Gasteiger partial charge in [-0.3, -0.25) is 14.4 Å². The van der Waals surface area contributed by atoms with Crippen molar-refractivity contribution in [3.63, 3.8) is 0 Å². The summed E-state index contributed by atoms with van der Waals surface area (Å²) in [6, 6.07) is 6.77. The Bertz CT molecular complexity index is 672. The second-order valence-electron chi connectivity index (χ2n) is 7.19. The zero-order chi connectivity index (χ0) is 19.3. The third-order valence-corrected chi connectivity index (χ3v) is 4.86. The highest BCUT2D eigenvalue weighted by Crippen LogP contribution is 2.13. The van der Waals surface area contributed by atoms with Gasteiger partial charge in [-0.2, -0.15) is 0 Å². The molecule has 142 valence electrons. The molecule has 1 unspecified atom stereocenters. The molecule has 26 heavy (non-hydrogen) atoms. The molecule has 0 aromatic heterocycles. The molecule has 1 N–H and O–H groups in total. The Hall–Kier alpha value is -2.37. The number of carbonyl (C=O) groups excluding carboxylic acids is 3. The summed E-state index contributed by atoms with van der Waals surface area (Å²) >= 11 is 0. The third kappa shape index (κ3) is 4.84. The van der Waals surface area contributed by atoms with Crippen LogP contribution < -0.4 is 5.32 Å². The molecule has 1 fully saturated rings. The summed E-state index contributed by atoms with van der Waals surface area (Å²) in [5, 5.41) is 2.91. The van der Waals surface area contributed by atoms with Crippen molar-refractivity contribution in [2.24, 2.45) is 5.92 Å². The van der Waals surface area contributed by atoms with Crippen molar-refractivity contribution in [3.05, 3.63) is 35.4 Å². The highest BCUT2D eigenvalue weighted by atomic mass is 16.2. The number of hydrogen-bond donors (Lipinski definition) is 1. The number of amides is 3. The van der Waals surface area contributed by atoms with E-state index in [-0.39, 0.29) is 23.6 Å². The zero-order valence-corrected chi connectivity index (χ0v) is 16.1. The molecule has 1 saturated heterocycles. The molecule has 0 spiro atoms. The molecule has 0 saturated carbocycles. The lowest BCUT2D eigenvalue weighted by Crippen LogP contribution is -2.52. The number of benzene rings is 1. The molecule has 1 aromatic carbocycles. The molecular weight excluding hydrogens is 330 g/mol. The fourth-order valence-electron chi connectivity index (χ4n) is 3.21. The van der Waals surface area contributed by atoms with Gasteiger partial charge in [-0.25, -0.2) is 0 Å². The molecule has 1 aromatic rings. The van der Waals surface area contributed by atoms with E-state index < -0.39 is 6.04 Å². The van der Waals surface area contributed by atoms with Crippen LogP contribution in [0.3, 0.4) is 0 Å². The maximum atomic E-state index is 13.0. The van der Waals surface area contributed by atoms with E-state index in [1.807, 2.05) is 39.0 Å². The molecule has 1 atom stereocenters. The Balaban J connectivity index is 2.09. The number of carbonyl (C=O) groups is 3. The van der Waals surface area contributed by atoms with E-state index in [0.717, 1.165) is 12.0 Å². The van der Waals surface area contributed by atoms with Crippen molar-refractivity contribution >= 4 is 17.7 Å². The average molecular weight is 359 g/mol. The van der Waals surface area contributed by atoms with Gasteiger partial charge in [0.15, 0.2) is 0 Å². The van der Waals surface area contributed by atoms with Gasteiger partial charge in [0.2, 0.25) is 11.8 Å². The van der Waals surface area contributed by atoms with Gasteiger partial charge in [0, 0.05) is 38.7 Å². The molecule has 1 aliphatic rings. The lowest BCUT2D eigenvalue weighted by atomic mass is 10.0. The summed E-state index contributed by atoms with van der Waals surface area (Å²) in [5.74, 6) is -0.294. The topological polar surface area (TPSA) is 69.7 Å². The first-order valence-corrected chi connectivity index (χ1v) is 9.22. The SMILES string of the molecule is CC(=O)N1CCCN(C(=O)C(NC(=O)c2ccccc2C)C(C)C)CC1. The van der Waals surface area contributed by atoms with Crippen LogP contribution in [0.2, 0.25) is 0 Å². The van der Waals surface area contributed by atoms with E-state index in [9.17, 15) is 14.4 Å². The van der Waals surface area contributed by atoms with Crippen molar-refractivity contribution in [1.29, 1.82) is 0 Å². The number of aryl methyl sites for hydroxylation is 1. The van der Waals surface area contributed by atoms with Crippen LogP contribution in [0, 0.1) is 12.8 Å². The van der Waals surface area contributed by atoms with Crippen LogP contribution in [0.5, 0.6) is 0 Å². The first kappa shape index (κ1) is 19.9. The normalized spacial score (nSPS) is 16.2. The fraction of sp³-hybridized carbons (Fsp3) is 0.550. The summed E-state index contributed by atoms with van der Waals surface area (Å²) in [7, 11) is 0. The second kappa shape index (κ2) is 8.83. The predicted molar refractivity (Wildman–Crippen MR) is 101 cm³/mol. The van der Waals surface area contributed by atoms with Crippen molar-refractivity contribution in [2.75, 3.05) is 26.2 Å². The van der Waals surface area contributed by atoms with E-state index in [2.05, 4.69) is 5.32 Å². The second-order valence-corrected chi connectivity index (χ2v) is 7.19. The van der Waals surface area contributed by atoms with Gasteiger partial charge in [-0.15, -0.1) is 0 Å². The Labute approximate surface area is 155 Å². The fourth-order valence-corrected chi connectivity index (χ4v) is 3.21. The van der Waals surface area contributed by atoms with E-state index in [1.165, 1.54) is 0 Å².